The molecule has 0 aliphatic rings. The van der Waals surface area contributed by atoms with Crippen molar-refractivity contribution >= 4 is 17.9 Å². The van der Waals surface area contributed by atoms with Crippen molar-refractivity contribution in [2.45, 2.75) is 213 Å². The highest BCUT2D eigenvalue weighted by Gasteiger charge is 2.20. The van der Waals surface area contributed by atoms with E-state index >= 15 is 0 Å². The average Bonchev–Trinajstić information content (AvgIpc) is 3.12. The van der Waals surface area contributed by atoms with Crippen LogP contribution in [0.25, 0.3) is 0 Å². The Balaban J connectivity index is 0. The van der Waals surface area contributed by atoms with Gasteiger partial charge in [0.1, 0.15) is 13.2 Å². The Labute approximate surface area is 351 Å². The number of rotatable bonds is 39. The number of halogens is 1. The lowest BCUT2D eigenvalue weighted by atomic mass is 10.1. The van der Waals surface area contributed by atoms with Crippen LogP contribution in [-0.2, 0) is 28.6 Å². The molecule has 0 aromatic rings. The first kappa shape index (κ1) is 54.7. The molecule has 0 N–H and O–H groups in total. The number of unbranched alkanes of at least 4 members (excludes halogenated alkanes) is 22. The van der Waals surface area contributed by atoms with Gasteiger partial charge in [0, 0.05) is 19.3 Å². The number of ether oxygens (including phenoxy) is 3. The van der Waals surface area contributed by atoms with Gasteiger partial charge in [-0.3, -0.25) is 14.4 Å². The molecule has 0 aliphatic heterocycles. The minimum Gasteiger partial charge on any atom is -1.00 e. The van der Waals surface area contributed by atoms with Gasteiger partial charge in [-0.2, -0.15) is 0 Å². The summed E-state index contributed by atoms with van der Waals surface area (Å²) < 4.78 is 17.4. The van der Waals surface area contributed by atoms with Crippen LogP contribution in [0.3, 0.4) is 0 Å². The van der Waals surface area contributed by atoms with Crippen LogP contribution in [0.1, 0.15) is 206 Å². The molecule has 1 atom stereocenters. The number of esters is 3. The van der Waals surface area contributed by atoms with E-state index in [1.807, 2.05) is 0 Å². The third-order valence-corrected chi connectivity index (χ3v) is 9.65. The third kappa shape index (κ3) is 43.3. The van der Waals surface area contributed by atoms with Crippen LogP contribution in [-0.4, -0.2) is 69.4 Å². The molecule has 0 saturated heterocycles. The highest BCUT2D eigenvalue weighted by molar-refractivity contribution is 5.71. The Morgan fingerprint density at radius 2 is 0.759 bits per heavy atom. The lowest BCUT2D eigenvalue weighted by Gasteiger charge is -2.23. The number of allylic oxidation sites excluding steroid dienone is 4. The second-order valence-corrected chi connectivity index (χ2v) is 16.3. The maximum Gasteiger partial charge on any atom is 0.306 e. The molecule has 0 rings (SSSR count). The zero-order chi connectivity index (χ0) is 39.1. The number of hydrogen-bond acceptors (Lipinski definition) is 6. The summed E-state index contributed by atoms with van der Waals surface area (Å²) in [6, 6.07) is 0. The largest absolute Gasteiger partial charge is 1.00 e. The van der Waals surface area contributed by atoms with E-state index in [1.54, 1.807) is 0 Å². The van der Waals surface area contributed by atoms with Gasteiger partial charge < -0.3 is 42.7 Å². The number of carbonyl (C=O) groups is 3. The van der Waals surface area contributed by atoms with Crippen LogP contribution in [0.2, 0.25) is 0 Å². The van der Waals surface area contributed by atoms with E-state index < -0.39 is 6.10 Å². The Kier molecular flexibility index (Phi) is 41.7. The SMILES string of the molecule is CCCCCCCC/C=C\CCCCCCCC(=O)OCC(COC(=O)CCC[N+](C)(C)C)OC(=O)CCCCCCC/C=C\CCCCCCCC.[I-]. The van der Waals surface area contributed by atoms with Crippen molar-refractivity contribution in [2.24, 2.45) is 0 Å². The van der Waals surface area contributed by atoms with Gasteiger partial charge in [0.05, 0.1) is 34.1 Å². The molecule has 0 radical (unpaired) electrons. The Morgan fingerprint density at radius 1 is 0.444 bits per heavy atom. The normalized spacial score (nSPS) is 12.2. The molecule has 8 heteroatoms. The average molecular weight is 876 g/mol. The van der Waals surface area contributed by atoms with E-state index in [0.717, 1.165) is 68.8 Å². The molecule has 1 unspecified atom stereocenters. The lowest BCUT2D eigenvalue weighted by Crippen LogP contribution is -3.00. The monoisotopic (exact) mass is 876 g/mol. The molecule has 0 amide bonds. The maximum atomic E-state index is 12.7. The van der Waals surface area contributed by atoms with Gasteiger partial charge >= 0.3 is 17.9 Å². The molecule has 54 heavy (non-hydrogen) atoms. The van der Waals surface area contributed by atoms with Crippen LogP contribution in [0.4, 0.5) is 0 Å². The summed E-state index contributed by atoms with van der Waals surface area (Å²) >= 11 is 0. The molecular weight excluding hydrogens is 789 g/mol. The first-order valence-electron chi connectivity index (χ1n) is 22.3. The quantitative estimate of drug-likeness (QED) is 0.0153. The van der Waals surface area contributed by atoms with E-state index in [-0.39, 0.29) is 55.1 Å². The van der Waals surface area contributed by atoms with Crippen molar-refractivity contribution in [1.82, 2.24) is 0 Å². The lowest BCUT2D eigenvalue weighted by molar-refractivity contribution is -0.870. The molecule has 0 spiro atoms. The maximum absolute atomic E-state index is 12.7. The fraction of sp³-hybridized carbons (Fsp3) is 0.848. The first-order valence-corrected chi connectivity index (χ1v) is 22.3. The van der Waals surface area contributed by atoms with Crippen molar-refractivity contribution in [2.75, 3.05) is 40.9 Å². The summed E-state index contributed by atoms with van der Waals surface area (Å²) in [6.45, 7) is 5.19. The second-order valence-electron chi connectivity index (χ2n) is 16.3. The fourth-order valence-corrected chi connectivity index (χ4v) is 6.25. The van der Waals surface area contributed by atoms with E-state index in [0.29, 0.717) is 25.7 Å². The Hall–Kier alpha value is -1.42. The zero-order valence-electron chi connectivity index (χ0n) is 36.0. The van der Waals surface area contributed by atoms with Gasteiger partial charge in [-0.25, -0.2) is 0 Å². The van der Waals surface area contributed by atoms with Crippen LogP contribution < -0.4 is 24.0 Å². The standard InChI is InChI=1S/C46H86NO6.HI/c1-6-8-10-12-14-16-18-20-22-24-26-28-30-32-34-37-44(48)51-41-43(42-52-45(49)39-36-40-47(3,4)5)53-46(50)38-35-33-31-29-27-25-23-21-19-17-15-13-11-9-7-2;/h20-23,43H,6-19,24-42H2,1-5H3;1H/q+1;/p-1/b22-20-,23-21-;. The number of quaternary nitrogens is 1. The Bertz CT molecular complexity index is 915. The van der Waals surface area contributed by atoms with E-state index in [1.165, 1.54) is 109 Å². The minimum absolute atomic E-state index is 0. The summed E-state index contributed by atoms with van der Waals surface area (Å²) in [5, 5.41) is 0. The van der Waals surface area contributed by atoms with Gasteiger partial charge in [-0.15, -0.1) is 0 Å². The molecular formula is C46H86INO6. The van der Waals surface area contributed by atoms with Gasteiger partial charge in [-0.1, -0.05) is 141 Å². The van der Waals surface area contributed by atoms with Crippen molar-refractivity contribution in [1.29, 1.82) is 0 Å². The van der Waals surface area contributed by atoms with E-state index in [4.69, 9.17) is 14.2 Å². The van der Waals surface area contributed by atoms with E-state index in [2.05, 4.69) is 59.3 Å². The predicted octanol–water partition coefficient (Wildman–Crippen LogP) is 9.55. The fourth-order valence-electron chi connectivity index (χ4n) is 6.25. The summed E-state index contributed by atoms with van der Waals surface area (Å²) in [5.41, 5.74) is 0. The van der Waals surface area contributed by atoms with Gasteiger partial charge in [-0.05, 0) is 64.2 Å². The zero-order valence-corrected chi connectivity index (χ0v) is 38.2. The molecule has 318 valence electrons. The van der Waals surface area contributed by atoms with Crippen LogP contribution in [0.5, 0.6) is 0 Å². The molecule has 0 fully saturated rings. The van der Waals surface area contributed by atoms with E-state index in [9.17, 15) is 14.4 Å². The topological polar surface area (TPSA) is 78.9 Å². The van der Waals surface area contributed by atoms with Gasteiger partial charge in [0.25, 0.3) is 0 Å². The molecule has 0 bridgehead atoms. The minimum atomic E-state index is -0.786. The molecule has 0 aromatic heterocycles. The van der Waals surface area contributed by atoms with Crippen molar-refractivity contribution in [3.63, 3.8) is 0 Å². The smallest absolute Gasteiger partial charge is 0.306 e. The second kappa shape index (κ2) is 41.2. The summed E-state index contributed by atoms with van der Waals surface area (Å²) in [5.74, 6) is -0.950. The highest BCUT2D eigenvalue weighted by atomic mass is 127. The van der Waals surface area contributed by atoms with Crippen molar-refractivity contribution in [3.8, 4) is 0 Å². The first-order chi connectivity index (χ1) is 25.7. The number of hydrogen-bond donors (Lipinski definition) is 0. The Morgan fingerprint density at radius 3 is 1.13 bits per heavy atom. The van der Waals surface area contributed by atoms with Crippen molar-refractivity contribution < 1.29 is 57.1 Å². The molecule has 7 nitrogen and oxygen atoms in total. The highest BCUT2D eigenvalue weighted by Crippen LogP contribution is 2.13. The van der Waals surface area contributed by atoms with Gasteiger partial charge in [0.15, 0.2) is 6.10 Å². The molecule has 0 heterocycles. The molecule has 0 saturated carbocycles. The van der Waals surface area contributed by atoms with Crippen LogP contribution >= 0.6 is 0 Å². The summed E-state index contributed by atoms with van der Waals surface area (Å²) in [7, 11) is 6.26. The molecule has 0 aromatic carbocycles. The van der Waals surface area contributed by atoms with Crippen molar-refractivity contribution in [3.05, 3.63) is 24.3 Å². The van der Waals surface area contributed by atoms with Gasteiger partial charge in [0.2, 0.25) is 0 Å². The van der Waals surface area contributed by atoms with Crippen LogP contribution in [0, 0.1) is 0 Å². The third-order valence-electron chi connectivity index (χ3n) is 9.65. The molecule has 0 aliphatic carbocycles. The number of carbonyl (C=O) groups excluding carboxylic acids is 3. The summed E-state index contributed by atoms with van der Waals surface area (Å²) in [4.78, 5) is 37.5. The predicted molar refractivity (Wildman–Crippen MR) is 223 cm³/mol. The summed E-state index contributed by atoms with van der Waals surface area (Å²) in [6.07, 6.45) is 41.5. The number of nitrogens with zero attached hydrogens (tertiary/aromatic N) is 1. The van der Waals surface area contributed by atoms with Crippen LogP contribution in [0.15, 0.2) is 24.3 Å².